The highest BCUT2D eigenvalue weighted by Crippen LogP contribution is 2.47. The standard InChI is InChI=1S/C20H26N2OS/c1-4-22(5-2)13-12-21-18-15-9-6-8-14(3)19(15)24-20-16(18)10-7-11-17(20)23/h6-10,18,21H,4-5,11-13H2,1-3H3. The van der Waals surface area contributed by atoms with Crippen molar-refractivity contribution >= 4 is 17.5 Å². The molecule has 3 rings (SSSR count). The second kappa shape index (κ2) is 7.68. The molecule has 0 spiro atoms. The van der Waals surface area contributed by atoms with Gasteiger partial charge in [0.15, 0.2) is 5.78 Å². The molecule has 128 valence electrons. The highest BCUT2D eigenvalue weighted by molar-refractivity contribution is 8.04. The number of carbonyl (C=O) groups excluding carboxylic acids is 1. The number of fused-ring (bicyclic) bond motifs is 1. The summed E-state index contributed by atoms with van der Waals surface area (Å²) < 4.78 is 0. The number of rotatable bonds is 6. The van der Waals surface area contributed by atoms with Gasteiger partial charge in [0.05, 0.1) is 10.9 Å². The Balaban J connectivity index is 1.88. The number of allylic oxidation sites excluding steroid dienone is 2. The Labute approximate surface area is 149 Å². The maximum absolute atomic E-state index is 12.4. The van der Waals surface area contributed by atoms with Crippen LogP contribution in [0.4, 0.5) is 0 Å². The molecule has 0 fully saturated rings. The van der Waals surface area contributed by atoms with E-state index in [0.29, 0.717) is 6.42 Å². The van der Waals surface area contributed by atoms with Gasteiger partial charge in [-0.1, -0.05) is 56.0 Å². The van der Waals surface area contributed by atoms with Gasteiger partial charge < -0.3 is 10.2 Å². The number of benzene rings is 1. The van der Waals surface area contributed by atoms with E-state index in [1.807, 2.05) is 6.08 Å². The van der Waals surface area contributed by atoms with E-state index in [-0.39, 0.29) is 11.8 Å². The molecule has 1 heterocycles. The number of nitrogens with zero attached hydrogens (tertiary/aromatic N) is 1. The van der Waals surface area contributed by atoms with Crippen molar-refractivity contribution in [2.75, 3.05) is 26.2 Å². The first-order valence-electron chi connectivity index (χ1n) is 8.82. The van der Waals surface area contributed by atoms with E-state index in [4.69, 9.17) is 0 Å². The van der Waals surface area contributed by atoms with Crippen LogP contribution in [-0.2, 0) is 4.79 Å². The fourth-order valence-corrected chi connectivity index (χ4v) is 4.64. The summed E-state index contributed by atoms with van der Waals surface area (Å²) in [6.45, 7) is 10.6. The molecule has 1 N–H and O–H groups in total. The minimum absolute atomic E-state index is 0.118. The molecule has 0 bridgehead atoms. The summed E-state index contributed by atoms with van der Waals surface area (Å²) in [5.74, 6) is 0.252. The molecule has 4 heteroatoms. The molecule has 1 aliphatic carbocycles. The normalized spacial score (nSPS) is 19.7. The fraction of sp³-hybridized carbons (Fsp3) is 0.450. The SMILES string of the molecule is CCN(CC)CCNC1C2=C(Sc3c(C)cccc31)C(=O)CC=C2. The van der Waals surface area contributed by atoms with Gasteiger partial charge >= 0.3 is 0 Å². The van der Waals surface area contributed by atoms with Gasteiger partial charge in [0.1, 0.15) is 0 Å². The topological polar surface area (TPSA) is 32.3 Å². The Morgan fingerprint density at radius 1 is 1.29 bits per heavy atom. The number of nitrogens with one attached hydrogen (secondary N) is 1. The third-order valence-corrected chi connectivity index (χ3v) is 6.28. The summed E-state index contributed by atoms with van der Waals surface area (Å²) in [7, 11) is 0. The van der Waals surface area contributed by atoms with E-state index >= 15 is 0 Å². The number of thioether (sulfide) groups is 1. The molecule has 0 saturated heterocycles. The summed E-state index contributed by atoms with van der Waals surface area (Å²) in [6.07, 6.45) is 4.67. The number of hydrogen-bond acceptors (Lipinski definition) is 4. The van der Waals surface area contributed by atoms with Crippen molar-refractivity contribution < 1.29 is 4.79 Å². The van der Waals surface area contributed by atoms with Gasteiger partial charge in [-0.05, 0) is 36.7 Å². The molecule has 1 aliphatic heterocycles. The Kier molecular flexibility index (Phi) is 5.59. The maximum Gasteiger partial charge on any atom is 0.173 e. The zero-order valence-electron chi connectivity index (χ0n) is 14.8. The van der Waals surface area contributed by atoms with Crippen molar-refractivity contribution in [3.05, 3.63) is 52.0 Å². The summed E-state index contributed by atoms with van der Waals surface area (Å²) in [5.41, 5.74) is 3.70. The van der Waals surface area contributed by atoms with Crippen LogP contribution in [0.1, 0.15) is 37.4 Å². The fourth-order valence-electron chi connectivity index (χ4n) is 3.40. The van der Waals surface area contributed by atoms with E-state index in [1.165, 1.54) is 16.0 Å². The van der Waals surface area contributed by atoms with E-state index in [9.17, 15) is 4.79 Å². The number of hydrogen-bond donors (Lipinski definition) is 1. The molecule has 3 nitrogen and oxygen atoms in total. The van der Waals surface area contributed by atoms with Gasteiger partial charge in [-0.3, -0.25) is 4.79 Å². The van der Waals surface area contributed by atoms with Gasteiger partial charge in [-0.15, -0.1) is 0 Å². The van der Waals surface area contributed by atoms with Gasteiger partial charge in [0.2, 0.25) is 0 Å². The van der Waals surface area contributed by atoms with Gasteiger partial charge in [-0.25, -0.2) is 0 Å². The summed E-state index contributed by atoms with van der Waals surface area (Å²) in [5, 5.41) is 3.71. The minimum Gasteiger partial charge on any atom is -0.305 e. The van der Waals surface area contributed by atoms with Crippen molar-refractivity contribution in [3.8, 4) is 0 Å². The molecule has 2 aliphatic rings. The molecule has 1 aromatic rings. The van der Waals surface area contributed by atoms with E-state index in [2.05, 4.69) is 55.3 Å². The molecular formula is C20H26N2OS. The molecular weight excluding hydrogens is 316 g/mol. The molecule has 1 atom stereocenters. The first-order chi connectivity index (χ1) is 11.7. The van der Waals surface area contributed by atoms with Crippen molar-refractivity contribution in [2.45, 2.75) is 38.1 Å². The second-order valence-electron chi connectivity index (χ2n) is 6.32. The summed E-state index contributed by atoms with van der Waals surface area (Å²) >= 11 is 1.66. The third-order valence-electron chi connectivity index (χ3n) is 4.86. The van der Waals surface area contributed by atoms with Crippen molar-refractivity contribution in [1.82, 2.24) is 10.2 Å². The number of aryl methyl sites for hydroxylation is 1. The molecule has 0 radical (unpaired) electrons. The second-order valence-corrected chi connectivity index (χ2v) is 7.34. The van der Waals surface area contributed by atoms with Crippen LogP contribution < -0.4 is 5.32 Å². The maximum atomic E-state index is 12.4. The van der Waals surface area contributed by atoms with Crippen LogP contribution in [0, 0.1) is 6.92 Å². The average molecular weight is 343 g/mol. The van der Waals surface area contributed by atoms with Crippen LogP contribution in [0.5, 0.6) is 0 Å². The van der Waals surface area contributed by atoms with Gasteiger partial charge in [0, 0.05) is 24.4 Å². The zero-order valence-corrected chi connectivity index (χ0v) is 15.6. The average Bonchev–Trinajstić information content (AvgIpc) is 2.59. The van der Waals surface area contributed by atoms with Gasteiger partial charge in [0.25, 0.3) is 0 Å². The molecule has 24 heavy (non-hydrogen) atoms. The van der Waals surface area contributed by atoms with E-state index in [0.717, 1.165) is 36.7 Å². The van der Waals surface area contributed by atoms with Crippen LogP contribution in [0.3, 0.4) is 0 Å². The van der Waals surface area contributed by atoms with Crippen molar-refractivity contribution in [1.29, 1.82) is 0 Å². The molecule has 0 aromatic heterocycles. The highest BCUT2D eigenvalue weighted by atomic mass is 32.2. The molecule has 1 unspecified atom stereocenters. The lowest BCUT2D eigenvalue weighted by atomic mass is 9.92. The Hall–Kier alpha value is -1.36. The molecule has 0 saturated carbocycles. The van der Waals surface area contributed by atoms with Crippen molar-refractivity contribution in [3.63, 3.8) is 0 Å². The predicted molar refractivity (Wildman–Crippen MR) is 101 cm³/mol. The summed E-state index contributed by atoms with van der Waals surface area (Å²) in [6, 6.07) is 6.56. The lowest BCUT2D eigenvalue weighted by Gasteiger charge is -2.32. The smallest absolute Gasteiger partial charge is 0.173 e. The third kappa shape index (κ3) is 3.37. The largest absolute Gasteiger partial charge is 0.305 e. The number of ketones is 1. The Bertz CT molecular complexity index is 689. The Morgan fingerprint density at radius 2 is 2.08 bits per heavy atom. The van der Waals surface area contributed by atoms with Gasteiger partial charge in [-0.2, -0.15) is 0 Å². The Morgan fingerprint density at radius 3 is 2.83 bits per heavy atom. The zero-order chi connectivity index (χ0) is 17.1. The number of likely N-dealkylation sites (N-methyl/N-ethyl adjacent to an activating group) is 1. The van der Waals surface area contributed by atoms with Crippen LogP contribution in [0.15, 0.2) is 45.7 Å². The van der Waals surface area contributed by atoms with Crippen LogP contribution in [-0.4, -0.2) is 36.9 Å². The molecule has 0 amide bonds. The number of carbonyl (C=O) groups is 1. The van der Waals surface area contributed by atoms with Crippen molar-refractivity contribution in [2.24, 2.45) is 0 Å². The van der Waals surface area contributed by atoms with Crippen LogP contribution >= 0.6 is 11.8 Å². The number of Topliss-reactive ketones (excluding diaryl/α,β-unsaturated/α-hetero) is 1. The lowest BCUT2D eigenvalue weighted by Crippen LogP contribution is -2.35. The monoisotopic (exact) mass is 342 g/mol. The quantitative estimate of drug-likeness (QED) is 0.851. The first-order valence-corrected chi connectivity index (χ1v) is 9.64. The van der Waals surface area contributed by atoms with Crippen LogP contribution in [0.25, 0.3) is 0 Å². The van der Waals surface area contributed by atoms with Crippen LogP contribution in [0.2, 0.25) is 0 Å². The van der Waals surface area contributed by atoms with E-state index < -0.39 is 0 Å². The first kappa shape index (κ1) is 17.5. The lowest BCUT2D eigenvalue weighted by molar-refractivity contribution is -0.114. The molecule has 1 aromatic carbocycles. The predicted octanol–water partition coefficient (Wildman–Crippen LogP) is 3.86. The minimum atomic E-state index is 0.118. The highest BCUT2D eigenvalue weighted by Gasteiger charge is 2.32. The van der Waals surface area contributed by atoms with E-state index in [1.54, 1.807) is 11.8 Å². The summed E-state index contributed by atoms with van der Waals surface area (Å²) in [4.78, 5) is 17.0.